The van der Waals surface area contributed by atoms with Gasteiger partial charge in [-0.15, -0.1) is 0 Å². The molecule has 0 radical (unpaired) electrons. The van der Waals surface area contributed by atoms with Gasteiger partial charge in [-0.2, -0.15) is 0 Å². The van der Waals surface area contributed by atoms with Crippen LogP contribution in [0.5, 0.6) is 0 Å². The van der Waals surface area contributed by atoms with Crippen molar-refractivity contribution in [3.8, 4) is 0 Å². The minimum absolute atomic E-state index is 0.0484. The molecule has 1 aliphatic rings. The highest BCUT2D eigenvalue weighted by molar-refractivity contribution is 9.10. The molecule has 4 heteroatoms. The SMILES string of the molecule is CC1(O)CCN(C(=O)/C=C/c2cccc(Br)c2)C1. The molecule has 0 aliphatic carbocycles. The Labute approximate surface area is 115 Å². The van der Waals surface area contributed by atoms with E-state index in [4.69, 9.17) is 0 Å². The fourth-order valence-electron chi connectivity index (χ4n) is 2.02. The summed E-state index contributed by atoms with van der Waals surface area (Å²) in [6.07, 6.45) is 3.99. The summed E-state index contributed by atoms with van der Waals surface area (Å²) >= 11 is 3.39. The topological polar surface area (TPSA) is 40.5 Å². The van der Waals surface area contributed by atoms with Gasteiger partial charge in [-0.3, -0.25) is 4.79 Å². The third-order valence-corrected chi connectivity index (χ3v) is 3.52. The van der Waals surface area contributed by atoms with E-state index in [1.165, 1.54) is 0 Å². The number of nitrogens with zero attached hydrogens (tertiary/aromatic N) is 1. The highest BCUT2D eigenvalue weighted by Crippen LogP contribution is 2.20. The van der Waals surface area contributed by atoms with E-state index in [1.54, 1.807) is 24.0 Å². The van der Waals surface area contributed by atoms with Crippen LogP contribution >= 0.6 is 15.9 Å². The molecular formula is C14H16BrNO2. The number of halogens is 1. The average molecular weight is 310 g/mol. The summed E-state index contributed by atoms with van der Waals surface area (Å²) < 4.78 is 0.987. The van der Waals surface area contributed by atoms with Crippen LogP contribution in [0.3, 0.4) is 0 Å². The minimum atomic E-state index is -0.737. The Morgan fingerprint density at radius 1 is 1.56 bits per heavy atom. The van der Waals surface area contributed by atoms with Gasteiger partial charge in [0.1, 0.15) is 0 Å². The monoisotopic (exact) mass is 309 g/mol. The van der Waals surface area contributed by atoms with Gasteiger partial charge in [0.05, 0.1) is 5.60 Å². The molecule has 1 aromatic rings. The lowest BCUT2D eigenvalue weighted by Gasteiger charge is -2.17. The molecule has 1 heterocycles. The number of carbonyl (C=O) groups excluding carboxylic acids is 1. The number of benzene rings is 1. The maximum Gasteiger partial charge on any atom is 0.246 e. The van der Waals surface area contributed by atoms with E-state index in [0.29, 0.717) is 19.5 Å². The van der Waals surface area contributed by atoms with E-state index in [9.17, 15) is 9.90 Å². The average Bonchev–Trinajstić information content (AvgIpc) is 2.67. The van der Waals surface area contributed by atoms with Crippen molar-refractivity contribution in [2.75, 3.05) is 13.1 Å². The van der Waals surface area contributed by atoms with Gasteiger partial charge in [0.15, 0.2) is 0 Å². The first kappa shape index (κ1) is 13.3. The highest BCUT2D eigenvalue weighted by Gasteiger charge is 2.32. The molecule has 1 N–H and O–H groups in total. The van der Waals surface area contributed by atoms with Crippen LogP contribution in [0.1, 0.15) is 18.9 Å². The highest BCUT2D eigenvalue weighted by atomic mass is 79.9. The van der Waals surface area contributed by atoms with Gasteiger partial charge in [-0.05, 0) is 37.1 Å². The predicted molar refractivity (Wildman–Crippen MR) is 75.0 cm³/mol. The number of aliphatic hydroxyl groups is 1. The van der Waals surface area contributed by atoms with Crippen molar-refractivity contribution in [1.29, 1.82) is 0 Å². The zero-order valence-electron chi connectivity index (χ0n) is 10.3. The van der Waals surface area contributed by atoms with E-state index in [1.807, 2.05) is 24.3 Å². The molecule has 1 aliphatic heterocycles. The molecule has 96 valence electrons. The standard InChI is InChI=1S/C14H16BrNO2/c1-14(18)7-8-16(10-14)13(17)6-5-11-3-2-4-12(15)9-11/h2-6,9,18H,7-8,10H2,1H3/b6-5+. The molecule has 0 aromatic heterocycles. The molecule has 2 rings (SSSR count). The number of rotatable bonds is 2. The number of β-amino-alcohol motifs (C(OH)–C–C–N with tert-alkyl or cyclic N) is 1. The Morgan fingerprint density at radius 3 is 2.94 bits per heavy atom. The van der Waals surface area contributed by atoms with E-state index in [-0.39, 0.29) is 5.91 Å². The molecule has 0 spiro atoms. The molecule has 1 unspecified atom stereocenters. The maximum absolute atomic E-state index is 11.9. The molecule has 1 aromatic carbocycles. The van der Waals surface area contributed by atoms with Crippen LogP contribution in [0.25, 0.3) is 6.08 Å². The lowest BCUT2D eigenvalue weighted by atomic mass is 10.1. The van der Waals surface area contributed by atoms with Crippen LogP contribution in [-0.4, -0.2) is 34.6 Å². The second-order valence-corrected chi connectivity index (χ2v) is 5.81. The van der Waals surface area contributed by atoms with Crippen molar-refractivity contribution < 1.29 is 9.90 Å². The van der Waals surface area contributed by atoms with Crippen LogP contribution in [0.15, 0.2) is 34.8 Å². The number of hydrogen-bond donors (Lipinski definition) is 1. The number of hydrogen-bond acceptors (Lipinski definition) is 2. The third kappa shape index (κ3) is 3.43. The van der Waals surface area contributed by atoms with Crippen LogP contribution in [-0.2, 0) is 4.79 Å². The lowest BCUT2D eigenvalue weighted by Crippen LogP contribution is -2.32. The molecule has 1 fully saturated rings. The zero-order valence-corrected chi connectivity index (χ0v) is 11.9. The molecule has 18 heavy (non-hydrogen) atoms. The van der Waals surface area contributed by atoms with Crippen LogP contribution < -0.4 is 0 Å². The molecule has 1 saturated heterocycles. The van der Waals surface area contributed by atoms with Gasteiger partial charge in [0.2, 0.25) is 5.91 Å². The van der Waals surface area contributed by atoms with Gasteiger partial charge >= 0.3 is 0 Å². The smallest absolute Gasteiger partial charge is 0.246 e. The van der Waals surface area contributed by atoms with E-state index < -0.39 is 5.60 Å². The second-order valence-electron chi connectivity index (χ2n) is 4.90. The predicted octanol–water partition coefficient (Wildman–Crippen LogP) is 2.45. The first-order valence-electron chi connectivity index (χ1n) is 5.91. The molecular weight excluding hydrogens is 294 g/mol. The first-order valence-corrected chi connectivity index (χ1v) is 6.70. The first-order chi connectivity index (χ1) is 8.46. The van der Waals surface area contributed by atoms with Gasteiger partial charge in [-0.1, -0.05) is 28.1 Å². The van der Waals surface area contributed by atoms with E-state index in [0.717, 1.165) is 10.0 Å². The van der Waals surface area contributed by atoms with Crippen LogP contribution in [0.2, 0.25) is 0 Å². The maximum atomic E-state index is 11.9. The van der Waals surface area contributed by atoms with Crippen molar-refractivity contribution in [2.24, 2.45) is 0 Å². The van der Waals surface area contributed by atoms with Crippen molar-refractivity contribution in [2.45, 2.75) is 18.9 Å². The van der Waals surface area contributed by atoms with E-state index in [2.05, 4.69) is 15.9 Å². The lowest BCUT2D eigenvalue weighted by molar-refractivity contribution is -0.125. The fraction of sp³-hybridized carbons (Fsp3) is 0.357. The van der Waals surface area contributed by atoms with Crippen molar-refractivity contribution in [3.63, 3.8) is 0 Å². The molecule has 3 nitrogen and oxygen atoms in total. The Hall–Kier alpha value is -1.13. The van der Waals surface area contributed by atoms with Crippen molar-refractivity contribution in [1.82, 2.24) is 4.90 Å². The Bertz CT molecular complexity index is 482. The van der Waals surface area contributed by atoms with Gasteiger partial charge in [0, 0.05) is 23.6 Å². The van der Waals surface area contributed by atoms with E-state index >= 15 is 0 Å². The summed E-state index contributed by atoms with van der Waals surface area (Å²) in [4.78, 5) is 13.6. The molecule has 1 atom stereocenters. The summed E-state index contributed by atoms with van der Waals surface area (Å²) in [5.41, 5.74) is 0.239. The minimum Gasteiger partial charge on any atom is -0.388 e. The summed E-state index contributed by atoms with van der Waals surface area (Å²) in [5, 5.41) is 9.81. The summed E-state index contributed by atoms with van der Waals surface area (Å²) in [6.45, 7) is 2.79. The van der Waals surface area contributed by atoms with Crippen LogP contribution in [0.4, 0.5) is 0 Å². The number of likely N-dealkylation sites (tertiary alicyclic amines) is 1. The summed E-state index contributed by atoms with van der Waals surface area (Å²) in [7, 11) is 0. The molecule has 0 bridgehead atoms. The van der Waals surface area contributed by atoms with Crippen LogP contribution in [0, 0.1) is 0 Å². The van der Waals surface area contributed by atoms with Gasteiger partial charge in [0.25, 0.3) is 0 Å². The number of carbonyl (C=O) groups is 1. The number of amides is 1. The quantitative estimate of drug-likeness (QED) is 0.853. The van der Waals surface area contributed by atoms with Crippen molar-refractivity contribution in [3.05, 3.63) is 40.4 Å². The summed E-state index contributed by atoms with van der Waals surface area (Å²) in [5.74, 6) is -0.0484. The second kappa shape index (κ2) is 5.24. The third-order valence-electron chi connectivity index (χ3n) is 3.03. The largest absolute Gasteiger partial charge is 0.388 e. The fourth-order valence-corrected chi connectivity index (χ4v) is 2.43. The molecule has 0 saturated carbocycles. The van der Waals surface area contributed by atoms with Gasteiger partial charge < -0.3 is 10.0 Å². The summed E-state index contributed by atoms with van der Waals surface area (Å²) in [6, 6.07) is 7.75. The Balaban J connectivity index is 2.00. The van der Waals surface area contributed by atoms with Gasteiger partial charge in [-0.25, -0.2) is 0 Å². The Morgan fingerprint density at radius 2 is 2.33 bits per heavy atom. The zero-order chi connectivity index (χ0) is 13.2. The normalized spacial score (nSPS) is 23.8. The van der Waals surface area contributed by atoms with Crippen molar-refractivity contribution >= 4 is 27.9 Å². The Kier molecular flexibility index (Phi) is 3.88. The molecule has 1 amide bonds.